The van der Waals surface area contributed by atoms with Crippen molar-refractivity contribution in [2.45, 2.75) is 19.8 Å². The van der Waals surface area contributed by atoms with Gasteiger partial charge in [0.2, 0.25) is 0 Å². The first-order valence-electron chi connectivity index (χ1n) is 7.11. The van der Waals surface area contributed by atoms with E-state index in [9.17, 15) is 8.78 Å². The molecule has 21 heavy (non-hydrogen) atoms. The van der Waals surface area contributed by atoms with Gasteiger partial charge in [-0.15, -0.1) is 0 Å². The number of nitrogens with one attached hydrogen (secondary N) is 2. The van der Waals surface area contributed by atoms with E-state index >= 15 is 0 Å². The van der Waals surface area contributed by atoms with E-state index in [4.69, 9.17) is 4.74 Å². The molecule has 0 unspecified atom stereocenters. The Morgan fingerprint density at radius 3 is 2.52 bits per heavy atom. The van der Waals surface area contributed by atoms with Crippen molar-refractivity contribution in [3.63, 3.8) is 0 Å². The lowest BCUT2D eigenvalue weighted by molar-refractivity contribution is 0.197. The van der Waals surface area contributed by atoms with E-state index in [0.717, 1.165) is 19.0 Å². The van der Waals surface area contributed by atoms with Crippen molar-refractivity contribution in [3.05, 3.63) is 35.4 Å². The van der Waals surface area contributed by atoms with Gasteiger partial charge in [-0.05, 0) is 37.5 Å². The molecule has 0 saturated carbocycles. The summed E-state index contributed by atoms with van der Waals surface area (Å²) in [7, 11) is 1.66. The molecule has 0 aliphatic rings. The lowest BCUT2D eigenvalue weighted by Crippen LogP contribution is -2.38. The molecule has 0 aliphatic carbocycles. The molecule has 0 atom stereocenters. The Labute approximate surface area is 124 Å². The van der Waals surface area contributed by atoms with Gasteiger partial charge >= 0.3 is 0 Å². The van der Waals surface area contributed by atoms with E-state index in [1.54, 1.807) is 7.11 Å². The van der Waals surface area contributed by atoms with Crippen LogP contribution in [0.3, 0.4) is 0 Å². The van der Waals surface area contributed by atoms with Crippen LogP contribution in [0.15, 0.2) is 23.2 Å². The Morgan fingerprint density at radius 2 is 1.90 bits per heavy atom. The minimum Gasteiger partial charge on any atom is -0.385 e. The van der Waals surface area contributed by atoms with Crippen LogP contribution in [0, 0.1) is 11.6 Å². The number of hydrogen-bond acceptors (Lipinski definition) is 2. The van der Waals surface area contributed by atoms with Gasteiger partial charge in [0.25, 0.3) is 0 Å². The molecule has 0 spiro atoms. The van der Waals surface area contributed by atoms with Gasteiger partial charge < -0.3 is 15.4 Å². The standard InChI is InChI=1S/C15H23F2N3O/c1-3-18-15(19-6-4-8-21-2)20-7-5-12-9-13(16)11-14(17)10-12/h9-11H,3-8H2,1-2H3,(H2,18,19,20). The predicted octanol–water partition coefficient (Wildman–Crippen LogP) is 2.10. The molecule has 0 fully saturated rings. The minimum absolute atomic E-state index is 0.525. The molecule has 0 heterocycles. The maximum atomic E-state index is 13.1. The topological polar surface area (TPSA) is 45.7 Å². The fourth-order valence-corrected chi connectivity index (χ4v) is 1.82. The molecule has 6 heteroatoms. The summed E-state index contributed by atoms with van der Waals surface area (Å²) in [6.07, 6.45) is 1.37. The molecule has 1 aromatic carbocycles. The number of halogens is 2. The minimum atomic E-state index is -0.551. The molecule has 0 amide bonds. The number of guanidine groups is 1. The van der Waals surface area contributed by atoms with Gasteiger partial charge in [0.1, 0.15) is 11.6 Å². The van der Waals surface area contributed by atoms with Crippen LogP contribution in [0.1, 0.15) is 18.9 Å². The van der Waals surface area contributed by atoms with Gasteiger partial charge in [0.05, 0.1) is 0 Å². The molecule has 118 valence electrons. The number of aliphatic imine (C=N–C) groups is 1. The van der Waals surface area contributed by atoms with Crippen molar-refractivity contribution in [1.29, 1.82) is 0 Å². The summed E-state index contributed by atoms with van der Waals surface area (Å²) in [5.74, 6) is -0.402. The fourth-order valence-electron chi connectivity index (χ4n) is 1.82. The van der Waals surface area contributed by atoms with E-state index in [2.05, 4.69) is 15.6 Å². The first-order chi connectivity index (χ1) is 10.2. The Balaban J connectivity index is 2.41. The molecule has 0 aliphatic heterocycles. The van der Waals surface area contributed by atoms with Crippen LogP contribution in [-0.4, -0.2) is 39.3 Å². The highest BCUT2D eigenvalue weighted by molar-refractivity contribution is 5.79. The van der Waals surface area contributed by atoms with E-state index in [0.29, 0.717) is 37.6 Å². The largest absolute Gasteiger partial charge is 0.385 e. The summed E-state index contributed by atoms with van der Waals surface area (Å²) in [6.45, 7) is 4.63. The number of hydrogen-bond donors (Lipinski definition) is 2. The van der Waals surface area contributed by atoms with E-state index in [1.165, 1.54) is 12.1 Å². The quantitative estimate of drug-likeness (QED) is 0.439. The lowest BCUT2D eigenvalue weighted by atomic mass is 10.1. The predicted molar refractivity (Wildman–Crippen MR) is 80.5 cm³/mol. The first kappa shape index (κ1) is 17.4. The summed E-state index contributed by atoms with van der Waals surface area (Å²) < 4.78 is 31.1. The second kappa shape index (κ2) is 10.1. The first-order valence-corrected chi connectivity index (χ1v) is 7.11. The van der Waals surface area contributed by atoms with Gasteiger partial charge in [-0.2, -0.15) is 0 Å². The normalized spacial score (nSPS) is 11.5. The van der Waals surface area contributed by atoms with Crippen molar-refractivity contribution < 1.29 is 13.5 Å². The zero-order valence-electron chi connectivity index (χ0n) is 12.6. The summed E-state index contributed by atoms with van der Waals surface area (Å²) in [4.78, 5) is 4.38. The van der Waals surface area contributed by atoms with Gasteiger partial charge in [-0.1, -0.05) is 0 Å². The molecule has 0 aromatic heterocycles. The second-order valence-electron chi connectivity index (χ2n) is 4.56. The molecule has 1 rings (SSSR count). The molecule has 0 saturated heterocycles. The summed E-state index contributed by atoms with van der Waals surface area (Å²) in [6, 6.07) is 3.55. The molecule has 1 aromatic rings. The third-order valence-electron chi connectivity index (χ3n) is 2.75. The number of nitrogens with zero attached hydrogens (tertiary/aromatic N) is 1. The maximum Gasteiger partial charge on any atom is 0.191 e. The highest BCUT2D eigenvalue weighted by atomic mass is 19.1. The Morgan fingerprint density at radius 1 is 1.19 bits per heavy atom. The third-order valence-corrected chi connectivity index (χ3v) is 2.75. The van der Waals surface area contributed by atoms with E-state index < -0.39 is 11.6 Å². The van der Waals surface area contributed by atoms with Gasteiger partial charge in [0.15, 0.2) is 5.96 Å². The van der Waals surface area contributed by atoms with Crippen molar-refractivity contribution in [1.82, 2.24) is 10.6 Å². The molecular formula is C15H23F2N3O. The SMILES string of the molecule is CCNC(=NCCCOC)NCCc1cc(F)cc(F)c1. The Bertz CT molecular complexity index is 432. The summed E-state index contributed by atoms with van der Waals surface area (Å²) >= 11 is 0. The van der Waals surface area contributed by atoms with Crippen LogP contribution in [0.2, 0.25) is 0 Å². The maximum absolute atomic E-state index is 13.1. The highest BCUT2D eigenvalue weighted by Gasteiger charge is 2.02. The number of rotatable bonds is 8. The number of ether oxygens (including phenoxy) is 1. The molecule has 0 bridgehead atoms. The zero-order valence-corrected chi connectivity index (χ0v) is 12.6. The van der Waals surface area contributed by atoms with Crippen molar-refractivity contribution in [3.8, 4) is 0 Å². The average molecular weight is 299 g/mol. The van der Waals surface area contributed by atoms with Crippen LogP contribution in [0.5, 0.6) is 0 Å². The zero-order chi connectivity index (χ0) is 15.5. The van der Waals surface area contributed by atoms with Crippen LogP contribution in [-0.2, 0) is 11.2 Å². The Kier molecular flexibility index (Phi) is 8.35. The monoisotopic (exact) mass is 299 g/mol. The van der Waals surface area contributed by atoms with Gasteiger partial charge in [-0.3, -0.25) is 4.99 Å². The molecular weight excluding hydrogens is 276 g/mol. The number of methoxy groups -OCH3 is 1. The number of benzene rings is 1. The van der Waals surface area contributed by atoms with E-state index in [-0.39, 0.29) is 0 Å². The van der Waals surface area contributed by atoms with Crippen LogP contribution in [0.4, 0.5) is 8.78 Å². The second-order valence-corrected chi connectivity index (χ2v) is 4.56. The smallest absolute Gasteiger partial charge is 0.191 e. The average Bonchev–Trinajstić information content (AvgIpc) is 2.42. The van der Waals surface area contributed by atoms with Gasteiger partial charge in [-0.25, -0.2) is 8.78 Å². The lowest BCUT2D eigenvalue weighted by Gasteiger charge is -2.11. The third kappa shape index (κ3) is 7.60. The molecule has 0 radical (unpaired) electrons. The fraction of sp³-hybridized carbons (Fsp3) is 0.533. The van der Waals surface area contributed by atoms with Crippen molar-refractivity contribution >= 4 is 5.96 Å². The molecule has 4 nitrogen and oxygen atoms in total. The van der Waals surface area contributed by atoms with Crippen molar-refractivity contribution in [2.24, 2.45) is 4.99 Å². The van der Waals surface area contributed by atoms with Crippen molar-refractivity contribution in [2.75, 3.05) is 33.4 Å². The van der Waals surface area contributed by atoms with E-state index in [1.807, 2.05) is 6.92 Å². The summed E-state index contributed by atoms with van der Waals surface area (Å²) in [5.41, 5.74) is 0.621. The van der Waals surface area contributed by atoms with Crippen LogP contribution >= 0.6 is 0 Å². The van der Waals surface area contributed by atoms with Gasteiger partial charge in [0, 0.05) is 39.4 Å². The Hall–Kier alpha value is -1.69. The highest BCUT2D eigenvalue weighted by Crippen LogP contribution is 2.07. The molecule has 2 N–H and O–H groups in total. The summed E-state index contributed by atoms with van der Waals surface area (Å²) in [5, 5.41) is 6.26. The van der Waals surface area contributed by atoms with Crippen LogP contribution < -0.4 is 10.6 Å². The van der Waals surface area contributed by atoms with Crippen LogP contribution in [0.25, 0.3) is 0 Å².